The van der Waals surface area contributed by atoms with Gasteiger partial charge in [0.2, 0.25) is 0 Å². The third-order valence-electron chi connectivity index (χ3n) is 3.24. The first-order valence-electron chi connectivity index (χ1n) is 6.95. The van der Waals surface area contributed by atoms with Gasteiger partial charge in [-0.2, -0.15) is 13.2 Å². The van der Waals surface area contributed by atoms with Gasteiger partial charge in [0.15, 0.2) is 11.7 Å². The van der Waals surface area contributed by atoms with Gasteiger partial charge >= 0.3 is 6.18 Å². The summed E-state index contributed by atoms with van der Waals surface area (Å²) in [5.74, 6) is 1.54. The van der Waals surface area contributed by atoms with E-state index in [4.69, 9.17) is 0 Å². The van der Waals surface area contributed by atoms with E-state index in [2.05, 4.69) is 20.6 Å². The molecular weight excluding hydrogens is 301 g/mol. The van der Waals surface area contributed by atoms with Gasteiger partial charge in [-0.1, -0.05) is 12.8 Å². The van der Waals surface area contributed by atoms with Crippen LogP contribution in [0.3, 0.4) is 0 Å². The van der Waals surface area contributed by atoms with Gasteiger partial charge in [-0.25, -0.2) is 4.98 Å². The SMILES string of the molecule is CN=C(NCCc1nc(C(F)(F)F)cs1)NCCC1CC1. The molecule has 4 nitrogen and oxygen atoms in total. The van der Waals surface area contributed by atoms with Crippen LogP contribution in [0.4, 0.5) is 13.2 Å². The Morgan fingerprint density at radius 2 is 2.10 bits per heavy atom. The van der Waals surface area contributed by atoms with Gasteiger partial charge in [-0.3, -0.25) is 4.99 Å². The maximum atomic E-state index is 12.4. The zero-order valence-corrected chi connectivity index (χ0v) is 12.7. The number of aromatic nitrogens is 1. The second-order valence-corrected chi connectivity index (χ2v) is 5.97. The highest BCUT2D eigenvalue weighted by atomic mass is 32.1. The van der Waals surface area contributed by atoms with Crippen molar-refractivity contribution in [2.24, 2.45) is 10.9 Å². The second-order valence-electron chi connectivity index (χ2n) is 5.03. The van der Waals surface area contributed by atoms with Crippen molar-refractivity contribution in [2.75, 3.05) is 20.1 Å². The first kappa shape index (κ1) is 16.1. The molecule has 0 aromatic carbocycles. The van der Waals surface area contributed by atoms with Gasteiger partial charge in [-0.05, 0) is 12.3 Å². The molecule has 1 saturated carbocycles. The Kier molecular flexibility index (Phi) is 5.44. The van der Waals surface area contributed by atoms with Crippen LogP contribution in [0.2, 0.25) is 0 Å². The molecule has 1 aromatic heterocycles. The zero-order chi connectivity index (χ0) is 15.3. The van der Waals surface area contributed by atoms with Gasteiger partial charge in [0.05, 0.1) is 5.01 Å². The number of halogens is 3. The van der Waals surface area contributed by atoms with Crippen LogP contribution >= 0.6 is 11.3 Å². The fraction of sp³-hybridized carbons (Fsp3) is 0.692. The van der Waals surface area contributed by atoms with E-state index in [-0.39, 0.29) is 0 Å². The van der Waals surface area contributed by atoms with E-state index in [0.29, 0.717) is 23.9 Å². The van der Waals surface area contributed by atoms with Crippen LogP contribution in [0, 0.1) is 5.92 Å². The summed E-state index contributed by atoms with van der Waals surface area (Å²) in [4.78, 5) is 7.67. The molecule has 8 heteroatoms. The molecule has 2 rings (SSSR count). The Labute approximate surface area is 125 Å². The van der Waals surface area contributed by atoms with Crippen molar-refractivity contribution in [1.29, 1.82) is 0 Å². The highest BCUT2D eigenvalue weighted by Gasteiger charge is 2.33. The van der Waals surface area contributed by atoms with Gasteiger partial charge in [-0.15, -0.1) is 11.3 Å². The van der Waals surface area contributed by atoms with Crippen molar-refractivity contribution < 1.29 is 13.2 Å². The fourth-order valence-electron chi connectivity index (χ4n) is 1.87. The Hall–Kier alpha value is -1.31. The Morgan fingerprint density at radius 1 is 1.38 bits per heavy atom. The fourth-order valence-corrected chi connectivity index (χ4v) is 2.67. The smallest absolute Gasteiger partial charge is 0.356 e. The number of alkyl halides is 3. The van der Waals surface area contributed by atoms with E-state index < -0.39 is 11.9 Å². The predicted octanol–water partition coefficient (Wildman–Crippen LogP) is 2.67. The lowest BCUT2D eigenvalue weighted by atomic mass is 10.3. The Balaban J connectivity index is 1.68. The summed E-state index contributed by atoms with van der Waals surface area (Å²) in [7, 11) is 1.68. The minimum Gasteiger partial charge on any atom is -0.356 e. The minimum atomic E-state index is -4.36. The number of hydrogen-bond acceptors (Lipinski definition) is 3. The summed E-state index contributed by atoms with van der Waals surface area (Å²) in [6, 6.07) is 0. The van der Waals surface area contributed by atoms with Crippen LogP contribution in [0.5, 0.6) is 0 Å². The average Bonchev–Trinajstić information content (AvgIpc) is 3.11. The summed E-state index contributed by atoms with van der Waals surface area (Å²) in [6.07, 6.45) is -0.132. The monoisotopic (exact) mass is 320 g/mol. The van der Waals surface area contributed by atoms with E-state index in [1.54, 1.807) is 7.05 Å². The molecule has 1 aliphatic rings. The summed E-state index contributed by atoms with van der Waals surface area (Å²) >= 11 is 1.03. The van der Waals surface area contributed by atoms with E-state index in [0.717, 1.165) is 35.6 Å². The molecule has 0 bridgehead atoms. The third-order valence-corrected chi connectivity index (χ3v) is 4.15. The van der Waals surface area contributed by atoms with E-state index >= 15 is 0 Å². The number of guanidine groups is 1. The standard InChI is InChI=1S/C13H19F3N4S/c1-17-12(18-6-4-9-2-3-9)19-7-5-11-20-10(8-21-11)13(14,15)16/h8-9H,2-7H2,1H3,(H2,17,18,19). The lowest BCUT2D eigenvalue weighted by molar-refractivity contribution is -0.140. The molecule has 1 fully saturated rings. The van der Waals surface area contributed by atoms with Gasteiger partial charge in [0.1, 0.15) is 0 Å². The van der Waals surface area contributed by atoms with Crippen molar-refractivity contribution in [1.82, 2.24) is 15.6 Å². The molecule has 0 saturated heterocycles. The topological polar surface area (TPSA) is 49.3 Å². The Morgan fingerprint density at radius 3 is 2.67 bits per heavy atom. The van der Waals surface area contributed by atoms with Gasteiger partial charge in [0, 0.05) is 31.9 Å². The van der Waals surface area contributed by atoms with E-state index in [1.807, 2.05) is 0 Å². The molecule has 1 aliphatic carbocycles. The van der Waals surface area contributed by atoms with Gasteiger partial charge in [0.25, 0.3) is 0 Å². The second kappa shape index (κ2) is 7.11. The van der Waals surface area contributed by atoms with Crippen LogP contribution in [0.25, 0.3) is 0 Å². The molecule has 0 aliphatic heterocycles. The highest BCUT2D eigenvalue weighted by molar-refractivity contribution is 7.09. The first-order valence-corrected chi connectivity index (χ1v) is 7.83. The maximum Gasteiger partial charge on any atom is 0.434 e. The first-order chi connectivity index (χ1) is 9.99. The molecule has 1 heterocycles. The molecule has 2 N–H and O–H groups in total. The summed E-state index contributed by atoms with van der Waals surface area (Å²) < 4.78 is 37.2. The van der Waals surface area contributed by atoms with Crippen LogP contribution in [0.15, 0.2) is 10.4 Å². The van der Waals surface area contributed by atoms with Crippen molar-refractivity contribution in [3.05, 3.63) is 16.1 Å². The van der Waals surface area contributed by atoms with Crippen molar-refractivity contribution in [3.63, 3.8) is 0 Å². The quantitative estimate of drug-likeness (QED) is 0.626. The summed E-state index contributed by atoms with van der Waals surface area (Å²) in [6.45, 7) is 1.38. The van der Waals surface area contributed by atoms with Crippen molar-refractivity contribution in [2.45, 2.75) is 31.9 Å². The molecule has 0 amide bonds. The molecule has 118 valence electrons. The highest BCUT2D eigenvalue weighted by Crippen LogP contribution is 2.31. The number of nitrogens with one attached hydrogen (secondary N) is 2. The van der Waals surface area contributed by atoms with E-state index in [1.165, 1.54) is 12.8 Å². The number of rotatable bonds is 6. The Bertz CT molecular complexity index is 480. The lowest BCUT2D eigenvalue weighted by Crippen LogP contribution is -2.38. The average molecular weight is 320 g/mol. The normalized spacial score (nSPS) is 16.1. The van der Waals surface area contributed by atoms with Crippen LogP contribution in [-0.2, 0) is 12.6 Å². The van der Waals surface area contributed by atoms with Crippen LogP contribution in [0.1, 0.15) is 30.0 Å². The third kappa shape index (κ3) is 5.53. The molecule has 0 unspecified atom stereocenters. The maximum absolute atomic E-state index is 12.4. The number of aliphatic imine (C=N–C) groups is 1. The lowest BCUT2D eigenvalue weighted by Gasteiger charge is -2.10. The molecular formula is C13H19F3N4S. The zero-order valence-electron chi connectivity index (χ0n) is 11.8. The van der Waals surface area contributed by atoms with Crippen LogP contribution < -0.4 is 10.6 Å². The molecule has 21 heavy (non-hydrogen) atoms. The number of hydrogen-bond donors (Lipinski definition) is 2. The predicted molar refractivity (Wildman–Crippen MR) is 77.5 cm³/mol. The van der Waals surface area contributed by atoms with Crippen molar-refractivity contribution in [3.8, 4) is 0 Å². The molecule has 1 aromatic rings. The molecule has 0 spiro atoms. The molecule has 0 radical (unpaired) electrons. The largest absolute Gasteiger partial charge is 0.434 e. The van der Waals surface area contributed by atoms with Crippen LogP contribution in [-0.4, -0.2) is 31.1 Å². The van der Waals surface area contributed by atoms with Gasteiger partial charge < -0.3 is 10.6 Å². The minimum absolute atomic E-state index is 0.448. The number of nitrogens with zero attached hydrogens (tertiary/aromatic N) is 2. The molecule has 0 atom stereocenters. The van der Waals surface area contributed by atoms with Crippen molar-refractivity contribution >= 4 is 17.3 Å². The summed E-state index contributed by atoms with van der Waals surface area (Å²) in [5, 5.41) is 7.81. The number of thiazole rings is 1. The van der Waals surface area contributed by atoms with E-state index in [9.17, 15) is 13.2 Å². The summed E-state index contributed by atoms with van der Waals surface area (Å²) in [5.41, 5.74) is -0.811.